The van der Waals surface area contributed by atoms with Crippen molar-refractivity contribution in [1.82, 2.24) is 24.3 Å². The van der Waals surface area contributed by atoms with Gasteiger partial charge in [-0.2, -0.15) is 0 Å². The smallest absolute Gasteiger partial charge is 0.337 e. The minimum Gasteiger partial charge on any atom is -0.465 e. The Hall–Kier alpha value is -3.98. The number of aromatic nitrogens is 3. The van der Waals surface area contributed by atoms with E-state index in [-0.39, 0.29) is 18.0 Å². The average Bonchev–Trinajstić information content (AvgIpc) is 3.25. The molecule has 1 amide bonds. The van der Waals surface area contributed by atoms with E-state index in [1.165, 1.54) is 7.11 Å². The van der Waals surface area contributed by atoms with Crippen LogP contribution in [0.5, 0.6) is 0 Å². The van der Waals surface area contributed by atoms with Crippen molar-refractivity contribution in [2.24, 2.45) is 0 Å². The first-order valence-corrected chi connectivity index (χ1v) is 12.1. The number of para-hydroxylation sites is 1. The van der Waals surface area contributed by atoms with Crippen molar-refractivity contribution in [3.05, 3.63) is 64.6 Å². The van der Waals surface area contributed by atoms with Crippen LogP contribution in [-0.2, 0) is 22.6 Å². The highest BCUT2D eigenvalue weighted by Crippen LogP contribution is 2.29. The predicted octanol–water partition coefficient (Wildman–Crippen LogP) is 2.89. The summed E-state index contributed by atoms with van der Waals surface area (Å²) < 4.78 is 8.37. The largest absolute Gasteiger partial charge is 0.465 e. The Bertz CT molecular complexity index is 1480. The van der Waals surface area contributed by atoms with E-state index in [9.17, 15) is 14.4 Å². The molecule has 9 nitrogen and oxygen atoms in total. The number of nitrogens with zero attached hydrogens (tertiary/aromatic N) is 4. The molecule has 0 saturated carbocycles. The Labute approximate surface area is 209 Å². The number of ether oxygens (including phenoxy) is 1. The van der Waals surface area contributed by atoms with Crippen LogP contribution in [0.25, 0.3) is 33.2 Å². The summed E-state index contributed by atoms with van der Waals surface area (Å²) in [6.45, 7) is 6.31. The third-order valence-electron chi connectivity index (χ3n) is 6.42. The van der Waals surface area contributed by atoms with E-state index < -0.39 is 5.97 Å². The van der Waals surface area contributed by atoms with Crippen molar-refractivity contribution in [1.29, 1.82) is 0 Å². The number of carbonyl (C=O) groups excluding carboxylic acids is 2. The minimum atomic E-state index is -0.477. The number of esters is 1. The van der Waals surface area contributed by atoms with Gasteiger partial charge in [-0.3, -0.25) is 9.59 Å². The molecule has 0 unspecified atom stereocenters. The molecule has 1 N–H and O–H groups in total. The van der Waals surface area contributed by atoms with Gasteiger partial charge in [0.05, 0.1) is 23.7 Å². The van der Waals surface area contributed by atoms with Crippen LogP contribution in [0.15, 0.2) is 53.5 Å². The van der Waals surface area contributed by atoms with Gasteiger partial charge in [0, 0.05) is 48.8 Å². The minimum absolute atomic E-state index is 0.0144. The number of hydrogen-bond donors (Lipinski definition) is 1. The number of hydrogen-bond acceptors (Lipinski definition) is 6. The lowest BCUT2D eigenvalue weighted by atomic mass is 10.1. The second-order valence-electron chi connectivity index (χ2n) is 8.47. The highest BCUT2D eigenvalue weighted by Gasteiger charge is 2.20. The number of methoxy groups -OCH3 is 1. The maximum absolute atomic E-state index is 13.8. The quantitative estimate of drug-likeness (QED) is 0.363. The number of amides is 1. The molecule has 36 heavy (non-hydrogen) atoms. The molecule has 2 aromatic heterocycles. The highest BCUT2D eigenvalue weighted by atomic mass is 16.5. The van der Waals surface area contributed by atoms with Gasteiger partial charge in [-0.1, -0.05) is 18.2 Å². The van der Waals surface area contributed by atoms with Crippen LogP contribution < -0.4 is 10.9 Å². The fourth-order valence-corrected chi connectivity index (χ4v) is 4.49. The van der Waals surface area contributed by atoms with Crippen LogP contribution in [-0.4, -0.2) is 64.7 Å². The number of nitrogens with one attached hydrogen (secondary N) is 1. The van der Waals surface area contributed by atoms with Gasteiger partial charge in [-0.25, -0.2) is 9.78 Å². The van der Waals surface area contributed by atoms with Crippen LogP contribution in [0.3, 0.4) is 0 Å². The van der Waals surface area contributed by atoms with Gasteiger partial charge >= 0.3 is 5.97 Å². The molecule has 0 spiro atoms. The van der Waals surface area contributed by atoms with Gasteiger partial charge in [0.1, 0.15) is 12.2 Å². The molecular formula is C27H31N5O4. The third-order valence-corrected chi connectivity index (χ3v) is 6.42. The summed E-state index contributed by atoms with van der Waals surface area (Å²) in [7, 11) is 3.14. The lowest BCUT2D eigenvalue weighted by Gasteiger charge is -2.19. The van der Waals surface area contributed by atoms with Gasteiger partial charge in [0.25, 0.3) is 5.56 Å². The van der Waals surface area contributed by atoms with Crippen LogP contribution in [0.2, 0.25) is 0 Å². The molecule has 4 aromatic rings. The molecule has 0 aliphatic carbocycles. The summed E-state index contributed by atoms with van der Waals surface area (Å²) in [6, 6.07) is 12.7. The van der Waals surface area contributed by atoms with E-state index in [4.69, 9.17) is 9.72 Å². The highest BCUT2D eigenvalue weighted by molar-refractivity contribution is 5.97. The van der Waals surface area contributed by atoms with Gasteiger partial charge in [0.15, 0.2) is 0 Å². The molecule has 4 rings (SSSR count). The number of rotatable bonds is 9. The summed E-state index contributed by atoms with van der Waals surface area (Å²) in [4.78, 5) is 45.3. The molecule has 0 aliphatic heterocycles. The fraction of sp³-hybridized carbons (Fsp3) is 0.333. The lowest BCUT2D eigenvalue weighted by Crippen LogP contribution is -2.33. The predicted molar refractivity (Wildman–Crippen MR) is 140 cm³/mol. The first-order valence-electron chi connectivity index (χ1n) is 12.1. The van der Waals surface area contributed by atoms with E-state index in [2.05, 4.69) is 5.32 Å². The van der Waals surface area contributed by atoms with Crippen LogP contribution in [0.1, 0.15) is 24.2 Å². The van der Waals surface area contributed by atoms with Crippen LogP contribution >= 0.6 is 0 Å². The molecule has 0 atom stereocenters. The molecule has 0 fully saturated rings. The summed E-state index contributed by atoms with van der Waals surface area (Å²) in [6.07, 6.45) is 1.84. The van der Waals surface area contributed by atoms with E-state index in [0.29, 0.717) is 54.0 Å². The van der Waals surface area contributed by atoms with Gasteiger partial charge < -0.3 is 24.1 Å². The van der Waals surface area contributed by atoms with E-state index in [0.717, 1.165) is 10.9 Å². The summed E-state index contributed by atoms with van der Waals surface area (Å²) >= 11 is 0. The first-order chi connectivity index (χ1) is 17.4. The average molecular weight is 490 g/mol. The Kier molecular flexibility index (Phi) is 7.49. The summed E-state index contributed by atoms with van der Waals surface area (Å²) in [5.74, 6) is -0.463. The molecule has 0 aliphatic rings. The molecule has 9 heteroatoms. The fourth-order valence-electron chi connectivity index (χ4n) is 4.49. The van der Waals surface area contributed by atoms with Crippen molar-refractivity contribution >= 4 is 33.8 Å². The molecule has 0 bridgehead atoms. The maximum atomic E-state index is 13.8. The maximum Gasteiger partial charge on any atom is 0.337 e. The Balaban J connectivity index is 1.92. The molecular weight excluding hydrogens is 458 g/mol. The molecule has 2 heterocycles. The second kappa shape index (κ2) is 10.7. The second-order valence-corrected chi connectivity index (χ2v) is 8.47. The standard InChI is InChI=1S/C27H31N5O4/c1-5-30(6-2)24(33)17-31-16-20(19-9-7-8-10-22(19)31)25-26(34)32(14-13-28-3)23-15-18(27(35)36-4)11-12-21(23)29-25/h7-12,15-16,28H,5-6,13-14,17H2,1-4H3. The van der Waals surface area contributed by atoms with E-state index in [1.54, 1.807) is 27.7 Å². The Morgan fingerprint density at radius 1 is 1.08 bits per heavy atom. The zero-order valence-electron chi connectivity index (χ0n) is 21.1. The molecule has 0 radical (unpaired) electrons. The van der Waals surface area contributed by atoms with Crippen molar-refractivity contribution in [2.45, 2.75) is 26.9 Å². The van der Waals surface area contributed by atoms with Crippen molar-refractivity contribution < 1.29 is 14.3 Å². The third kappa shape index (κ3) is 4.61. The molecule has 188 valence electrons. The number of benzene rings is 2. The van der Waals surface area contributed by atoms with Crippen molar-refractivity contribution in [3.8, 4) is 11.3 Å². The molecule has 2 aromatic carbocycles. The Morgan fingerprint density at radius 3 is 2.53 bits per heavy atom. The lowest BCUT2D eigenvalue weighted by molar-refractivity contribution is -0.131. The zero-order chi connectivity index (χ0) is 25.8. The number of fused-ring (bicyclic) bond motifs is 2. The zero-order valence-corrected chi connectivity index (χ0v) is 21.1. The Morgan fingerprint density at radius 2 is 1.83 bits per heavy atom. The van der Waals surface area contributed by atoms with E-state index in [1.807, 2.05) is 55.9 Å². The van der Waals surface area contributed by atoms with Gasteiger partial charge in [0.2, 0.25) is 5.91 Å². The van der Waals surface area contributed by atoms with Crippen molar-refractivity contribution in [3.63, 3.8) is 0 Å². The SMILES string of the molecule is CCN(CC)C(=O)Cn1cc(-c2nc3ccc(C(=O)OC)cc3n(CCNC)c2=O)c2ccccc21. The summed E-state index contributed by atoms with van der Waals surface area (Å²) in [5, 5.41) is 3.92. The monoisotopic (exact) mass is 489 g/mol. The van der Waals surface area contributed by atoms with Gasteiger partial charge in [-0.05, 0) is 45.2 Å². The van der Waals surface area contributed by atoms with Crippen LogP contribution in [0, 0.1) is 0 Å². The first kappa shape index (κ1) is 25.1. The molecule has 0 saturated heterocycles. The van der Waals surface area contributed by atoms with Crippen molar-refractivity contribution in [2.75, 3.05) is 33.8 Å². The normalized spacial score (nSPS) is 11.2. The summed E-state index contributed by atoms with van der Waals surface area (Å²) in [5.41, 5.74) is 3.06. The van der Waals surface area contributed by atoms with Gasteiger partial charge in [-0.15, -0.1) is 0 Å². The topological polar surface area (TPSA) is 98.5 Å². The number of carbonyl (C=O) groups is 2. The van der Waals surface area contributed by atoms with Crippen LogP contribution in [0.4, 0.5) is 0 Å². The van der Waals surface area contributed by atoms with E-state index >= 15 is 0 Å². The number of likely N-dealkylation sites (N-methyl/N-ethyl adjacent to an activating group) is 2.